The monoisotopic (exact) mass is 287 g/mol. The molecule has 2 aromatic rings. The van der Waals surface area contributed by atoms with Gasteiger partial charge in [-0.15, -0.1) is 0 Å². The second kappa shape index (κ2) is 7.09. The molecule has 0 saturated carbocycles. The van der Waals surface area contributed by atoms with Crippen molar-refractivity contribution >= 4 is 5.91 Å². The van der Waals surface area contributed by atoms with Crippen molar-refractivity contribution in [3.05, 3.63) is 58.5 Å². The summed E-state index contributed by atoms with van der Waals surface area (Å²) >= 11 is 0. The third-order valence-electron chi connectivity index (χ3n) is 3.47. The maximum absolute atomic E-state index is 12.0. The van der Waals surface area contributed by atoms with E-state index in [-0.39, 0.29) is 12.5 Å². The molecule has 112 valence electrons. The number of rotatable bonds is 6. The molecule has 4 heteroatoms. The molecule has 1 aromatic carbocycles. The summed E-state index contributed by atoms with van der Waals surface area (Å²) in [5.74, 6) is 1.06. The SMILES string of the molecule is CCc1oc(C(=O)NCCc2ccc(CO)cc2)cc1C. The van der Waals surface area contributed by atoms with Gasteiger partial charge in [0, 0.05) is 13.0 Å². The molecule has 0 unspecified atom stereocenters. The molecule has 0 spiro atoms. The number of hydrogen-bond acceptors (Lipinski definition) is 3. The molecule has 4 nitrogen and oxygen atoms in total. The van der Waals surface area contributed by atoms with Gasteiger partial charge in [-0.2, -0.15) is 0 Å². The highest BCUT2D eigenvalue weighted by Gasteiger charge is 2.12. The van der Waals surface area contributed by atoms with Crippen LogP contribution in [-0.2, 0) is 19.4 Å². The summed E-state index contributed by atoms with van der Waals surface area (Å²) in [7, 11) is 0. The van der Waals surface area contributed by atoms with E-state index in [2.05, 4.69) is 5.32 Å². The Kier molecular flexibility index (Phi) is 5.17. The van der Waals surface area contributed by atoms with Gasteiger partial charge >= 0.3 is 0 Å². The summed E-state index contributed by atoms with van der Waals surface area (Å²) in [5, 5.41) is 11.8. The molecule has 1 amide bonds. The molecule has 0 atom stereocenters. The van der Waals surface area contributed by atoms with E-state index in [0.717, 1.165) is 35.3 Å². The number of benzene rings is 1. The summed E-state index contributed by atoms with van der Waals surface area (Å²) in [6.07, 6.45) is 1.54. The van der Waals surface area contributed by atoms with Gasteiger partial charge in [-0.1, -0.05) is 31.2 Å². The Morgan fingerprint density at radius 2 is 1.90 bits per heavy atom. The smallest absolute Gasteiger partial charge is 0.287 e. The van der Waals surface area contributed by atoms with Crippen LogP contribution in [0, 0.1) is 6.92 Å². The van der Waals surface area contributed by atoms with E-state index in [1.807, 2.05) is 38.1 Å². The van der Waals surface area contributed by atoms with Crippen LogP contribution in [0.4, 0.5) is 0 Å². The topological polar surface area (TPSA) is 62.5 Å². The number of aryl methyl sites for hydroxylation is 2. The van der Waals surface area contributed by atoms with Crippen LogP contribution in [0.2, 0.25) is 0 Å². The first-order valence-corrected chi connectivity index (χ1v) is 7.20. The van der Waals surface area contributed by atoms with Crippen molar-refractivity contribution in [1.82, 2.24) is 5.32 Å². The number of nitrogens with one attached hydrogen (secondary N) is 1. The fourth-order valence-corrected chi connectivity index (χ4v) is 2.20. The molecule has 2 N–H and O–H groups in total. The Balaban J connectivity index is 1.85. The first kappa shape index (κ1) is 15.3. The zero-order valence-corrected chi connectivity index (χ0v) is 12.5. The quantitative estimate of drug-likeness (QED) is 0.858. The largest absolute Gasteiger partial charge is 0.456 e. The summed E-state index contributed by atoms with van der Waals surface area (Å²) in [4.78, 5) is 12.0. The van der Waals surface area contributed by atoms with Gasteiger partial charge in [-0.25, -0.2) is 0 Å². The highest BCUT2D eigenvalue weighted by molar-refractivity contribution is 5.91. The highest BCUT2D eigenvalue weighted by atomic mass is 16.4. The lowest BCUT2D eigenvalue weighted by molar-refractivity contribution is 0.0925. The van der Waals surface area contributed by atoms with Gasteiger partial charge in [-0.05, 0) is 36.1 Å². The van der Waals surface area contributed by atoms with Crippen LogP contribution >= 0.6 is 0 Å². The van der Waals surface area contributed by atoms with E-state index in [1.165, 1.54) is 0 Å². The Labute approximate surface area is 124 Å². The molecule has 0 aliphatic carbocycles. The van der Waals surface area contributed by atoms with Gasteiger partial charge in [0.1, 0.15) is 5.76 Å². The number of aliphatic hydroxyl groups excluding tert-OH is 1. The van der Waals surface area contributed by atoms with Crippen LogP contribution < -0.4 is 5.32 Å². The molecule has 0 radical (unpaired) electrons. The molecular weight excluding hydrogens is 266 g/mol. The molecule has 1 heterocycles. The molecule has 2 rings (SSSR count). The van der Waals surface area contributed by atoms with E-state index in [9.17, 15) is 4.79 Å². The van der Waals surface area contributed by atoms with Crippen molar-refractivity contribution in [3.8, 4) is 0 Å². The molecule has 1 aromatic heterocycles. The minimum Gasteiger partial charge on any atom is -0.456 e. The van der Waals surface area contributed by atoms with Gasteiger partial charge < -0.3 is 14.8 Å². The number of furan rings is 1. The second-order valence-corrected chi connectivity index (χ2v) is 5.05. The number of aliphatic hydroxyl groups is 1. The van der Waals surface area contributed by atoms with Crippen LogP contribution in [-0.4, -0.2) is 17.6 Å². The predicted octanol–water partition coefficient (Wildman–Crippen LogP) is 2.62. The van der Waals surface area contributed by atoms with Gasteiger partial charge in [-0.3, -0.25) is 4.79 Å². The maximum atomic E-state index is 12.0. The summed E-state index contributed by atoms with van der Waals surface area (Å²) in [6, 6.07) is 9.49. The molecule has 0 aliphatic heterocycles. The van der Waals surface area contributed by atoms with Crippen molar-refractivity contribution in [2.45, 2.75) is 33.3 Å². The summed E-state index contributed by atoms with van der Waals surface area (Å²) in [6.45, 7) is 4.55. The standard InChI is InChI=1S/C17H21NO3/c1-3-15-12(2)10-16(21-15)17(20)18-9-8-13-4-6-14(11-19)7-5-13/h4-7,10,19H,3,8-9,11H2,1-2H3,(H,18,20). The van der Waals surface area contributed by atoms with Crippen molar-refractivity contribution in [3.63, 3.8) is 0 Å². The maximum Gasteiger partial charge on any atom is 0.287 e. The summed E-state index contributed by atoms with van der Waals surface area (Å²) in [5.41, 5.74) is 3.03. The Morgan fingerprint density at radius 3 is 2.48 bits per heavy atom. The average molecular weight is 287 g/mol. The van der Waals surface area contributed by atoms with Crippen LogP contribution in [0.15, 0.2) is 34.7 Å². The molecule has 0 aliphatic rings. The lowest BCUT2D eigenvalue weighted by Crippen LogP contribution is -2.25. The van der Waals surface area contributed by atoms with E-state index in [4.69, 9.17) is 9.52 Å². The van der Waals surface area contributed by atoms with Gasteiger partial charge in [0.15, 0.2) is 5.76 Å². The number of carbonyl (C=O) groups is 1. The molecule has 0 bridgehead atoms. The average Bonchev–Trinajstić information content (AvgIpc) is 2.89. The van der Waals surface area contributed by atoms with Crippen LogP contribution in [0.5, 0.6) is 0 Å². The normalized spacial score (nSPS) is 10.6. The van der Waals surface area contributed by atoms with Crippen molar-refractivity contribution < 1.29 is 14.3 Å². The summed E-state index contributed by atoms with van der Waals surface area (Å²) < 4.78 is 5.52. The van der Waals surface area contributed by atoms with Gasteiger partial charge in [0.05, 0.1) is 6.61 Å². The second-order valence-electron chi connectivity index (χ2n) is 5.05. The zero-order chi connectivity index (χ0) is 15.2. The van der Waals surface area contributed by atoms with E-state index >= 15 is 0 Å². The molecule has 0 fully saturated rings. The first-order valence-electron chi connectivity index (χ1n) is 7.20. The minimum absolute atomic E-state index is 0.0502. The van der Waals surface area contributed by atoms with Crippen molar-refractivity contribution in [2.75, 3.05) is 6.54 Å². The van der Waals surface area contributed by atoms with Crippen LogP contribution in [0.25, 0.3) is 0 Å². The van der Waals surface area contributed by atoms with E-state index in [1.54, 1.807) is 6.07 Å². The predicted molar refractivity (Wildman–Crippen MR) is 81.2 cm³/mol. The first-order chi connectivity index (χ1) is 10.1. The Morgan fingerprint density at radius 1 is 1.24 bits per heavy atom. The van der Waals surface area contributed by atoms with Crippen molar-refractivity contribution in [1.29, 1.82) is 0 Å². The van der Waals surface area contributed by atoms with E-state index < -0.39 is 0 Å². The van der Waals surface area contributed by atoms with Gasteiger partial charge in [0.25, 0.3) is 5.91 Å². The number of hydrogen-bond donors (Lipinski definition) is 2. The van der Waals surface area contributed by atoms with Crippen molar-refractivity contribution in [2.24, 2.45) is 0 Å². The number of carbonyl (C=O) groups excluding carboxylic acids is 1. The Hall–Kier alpha value is -2.07. The minimum atomic E-state index is -0.176. The molecule has 0 saturated heterocycles. The molecule has 21 heavy (non-hydrogen) atoms. The van der Waals surface area contributed by atoms with E-state index in [0.29, 0.717) is 12.3 Å². The number of amides is 1. The highest BCUT2D eigenvalue weighted by Crippen LogP contribution is 2.15. The van der Waals surface area contributed by atoms with Crippen LogP contribution in [0.3, 0.4) is 0 Å². The zero-order valence-electron chi connectivity index (χ0n) is 12.5. The third kappa shape index (κ3) is 3.95. The van der Waals surface area contributed by atoms with Gasteiger partial charge in [0.2, 0.25) is 0 Å². The fourth-order valence-electron chi connectivity index (χ4n) is 2.20. The fraction of sp³-hybridized carbons (Fsp3) is 0.353. The molecular formula is C17H21NO3. The lowest BCUT2D eigenvalue weighted by Gasteiger charge is -2.04. The van der Waals surface area contributed by atoms with Crippen LogP contribution in [0.1, 0.15) is 39.9 Å². The Bertz CT molecular complexity index is 599. The third-order valence-corrected chi connectivity index (χ3v) is 3.47. The lowest BCUT2D eigenvalue weighted by atomic mass is 10.1.